The van der Waals surface area contributed by atoms with Crippen LogP contribution in [0.2, 0.25) is 0 Å². The smallest absolute Gasteiger partial charge is 0.0937 e. The zero-order valence-electron chi connectivity index (χ0n) is 12.7. The van der Waals surface area contributed by atoms with Gasteiger partial charge >= 0.3 is 0 Å². The predicted molar refractivity (Wildman–Crippen MR) is 85.9 cm³/mol. The summed E-state index contributed by atoms with van der Waals surface area (Å²) in [6, 6.07) is 0.720. The molecule has 0 fully saturated rings. The molecular weight excluding hydrogens is 252 g/mol. The highest BCUT2D eigenvalue weighted by Gasteiger charge is 2.07. The highest BCUT2D eigenvalue weighted by atomic mass is 32.1. The number of hydrogen-bond acceptors (Lipinski definition) is 3. The molecule has 1 aromatic rings. The SMILES string of the molecule is CCCCCC(CCCCC)NCCc1nccs1. The summed E-state index contributed by atoms with van der Waals surface area (Å²) in [7, 11) is 0. The Kier molecular flexibility index (Phi) is 10.0. The van der Waals surface area contributed by atoms with Crippen molar-refractivity contribution in [2.24, 2.45) is 0 Å². The molecule has 0 aromatic carbocycles. The van der Waals surface area contributed by atoms with Crippen LogP contribution in [0.15, 0.2) is 11.6 Å². The fraction of sp³-hybridized carbons (Fsp3) is 0.812. The Morgan fingerprint density at radius 1 is 1.11 bits per heavy atom. The topological polar surface area (TPSA) is 24.9 Å². The molecule has 0 aliphatic carbocycles. The Balaban J connectivity index is 2.18. The normalized spacial score (nSPS) is 11.3. The Morgan fingerprint density at radius 3 is 2.32 bits per heavy atom. The summed E-state index contributed by atoms with van der Waals surface area (Å²) in [6.45, 7) is 5.64. The van der Waals surface area contributed by atoms with Crippen LogP contribution < -0.4 is 5.32 Å². The highest BCUT2D eigenvalue weighted by Crippen LogP contribution is 2.11. The number of nitrogens with zero attached hydrogens (tertiary/aromatic N) is 1. The monoisotopic (exact) mass is 282 g/mol. The Hall–Kier alpha value is -0.410. The maximum Gasteiger partial charge on any atom is 0.0937 e. The molecule has 0 saturated heterocycles. The largest absolute Gasteiger partial charge is 0.314 e. The molecule has 0 bridgehead atoms. The fourth-order valence-corrected chi connectivity index (χ4v) is 3.01. The molecule has 0 saturated carbocycles. The summed E-state index contributed by atoms with van der Waals surface area (Å²) in [5.41, 5.74) is 0. The van der Waals surface area contributed by atoms with Crippen molar-refractivity contribution in [2.75, 3.05) is 6.54 Å². The average molecular weight is 282 g/mol. The zero-order valence-corrected chi connectivity index (χ0v) is 13.5. The van der Waals surface area contributed by atoms with Crippen molar-refractivity contribution in [1.29, 1.82) is 0 Å². The number of aromatic nitrogens is 1. The van der Waals surface area contributed by atoms with Crippen molar-refractivity contribution in [3.8, 4) is 0 Å². The molecule has 1 rings (SSSR count). The number of unbranched alkanes of at least 4 members (excludes halogenated alkanes) is 4. The van der Waals surface area contributed by atoms with Crippen LogP contribution in [0.4, 0.5) is 0 Å². The van der Waals surface area contributed by atoms with Crippen LogP contribution in [0.3, 0.4) is 0 Å². The van der Waals surface area contributed by atoms with Gasteiger partial charge in [-0.05, 0) is 12.8 Å². The van der Waals surface area contributed by atoms with Crippen molar-refractivity contribution in [3.05, 3.63) is 16.6 Å². The quantitative estimate of drug-likeness (QED) is 0.557. The van der Waals surface area contributed by atoms with Crippen molar-refractivity contribution in [2.45, 2.75) is 77.7 Å². The Morgan fingerprint density at radius 2 is 1.79 bits per heavy atom. The number of thiazole rings is 1. The van der Waals surface area contributed by atoms with Gasteiger partial charge in [0.2, 0.25) is 0 Å². The molecule has 3 heteroatoms. The van der Waals surface area contributed by atoms with E-state index in [4.69, 9.17) is 0 Å². The van der Waals surface area contributed by atoms with Gasteiger partial charge in [0.05, 0.1) is 5.01 Å². The second-order valence-electron chi connectivity index (χ2n) is 5.32. The average Bonchev–Trinajstić information content (AvgIpc) is 2.92. The van der Waals surface area contributed by atoms with Crippen LogP contribution in [0.1, 0.15) is 70.2 Å². The summed E-state index contributed by atoms with van der Waals surface area (Å²) in [5.74, 6) is 0. The molecule has 0 atom stereocenters. The van der Waals surface area contributed by atoms with Crippen molar-refractivity contribution >= 4 is 11.3 Å². The van der Waals surface area contributed by atoms with E-state index in [1.807, 2.05) is 6.20 Å². The first kappa shape index (κ1) is 16.6. The first-order chi connectivity index (χ1) is 9.36. The first-order valence-electron chi connectivity index (χ1n) is 7.98. The molecule has 0 aliphatic rings. The van der Waals surface area contributed by atoms with E-state index in [-0.39, 0.29) is 0 Å². The predicted octanol–water partition coefficient (Wildman–Crippen LogP) is 4.80. The van der Waals surface area contributed by atoms with Gasteiger partial charge in [-0.3, -0.25) is 0 Å². The van der Waals surface area contributed by atoms with Gasteiger partial charge in [0.25, 0.3) is 0 Å². The molecular formula is C16H30N2S. The lowest BCUT2D eigenvalue weighted by atomic mass is 10.0. The van der Waals surface area contributed by atoms with E-state index in [9.17, 15) is 0 Å². The molecule has 0 radical (unpaired) electrons. The van der Waals surface area contributed by atoms with E-state index >= 15 is 0 Å². The molecule has 1 aromatic heterocycles. The van der Waals surface area contributed by atoms with Gasteiger partial charge in [0.15, 0.2) is 0 Å². The van der Waals surface area contributed by atoms with Crippen molar-refractivity contribution in [3.63, 3.8) is 0 Å². The van der Waals surface area contributed by atoms with Crippen LogP contribution in [0.25, 0.3) is 0 Å². The first-order valence-corrected chi connectivity index (χ1v) is 8.86. The lowest BCUT2D eigenvalue weighted by Gasteiger charge is -2.18. The molecule has 110 valence electrons. The number of nitrogens with one attached hydrogen (secondary N) is 1. The fourth-order valence-electron chi connectivity index (χ4n) is 2.39. The summed E-state index contributed by atoms with van der Waals surface area (Å²) < 4.78 is 0. The lowest BCUT2D eigenvalue weighted by molar-refractivity contribution is 0.421. The van der Waals surface area contributed by atoms with Gasteiger partial charge in [0.1, 0.15) is 0 Å². The zero-order chi connectivity index (χ0) is 13.8. The van der Waals surface area contributed by atoms with Crippen molar-refractivity contribution < 1.29 is 0 Å². The van der Waals surface area contributed by atoms with Crippen LogP contribution in [0, 0.1) is 0 Å². The van der Waals surface area contributed by atoms with Crippen LogP contribution >= 0.6 is 11.3 Å². The lowest BCUT2D eigenvalue weighted by Crippen LogP contribution is -2.31. The summed E-state index contributed by atoms with van der Waals surface area (Å²) in [4.78, 5) is 4.34. The Bertz CT molecular complexity index is 275. The molecule has 0 unspecified atom stereocenters. The number of hydrogen-bond donors (Lipinski definition) is 1. The standard InChI is InChI=1S/C16H30N2S/c1-3-5-7-9-15(10-8-6-4-2)17-12-11-16-18-13-14-19-16/h13-15,17H,3-12H2,1-2H3. The van der Waals surface area contributed by atoms with Crippen LogP contribution in [0.5, 0.6) is 0 Å². The van der Waals surface area contributed by atoms with E-state index in [0.717, 1.165) is 19.0 Å². The second kappa shape index (κ2) is 11.4. The third kappa shape index (κ3) is 8.38. The third-order valence-corrected chi connectivity index (χ3v) is 4.41. The highest BCUT2D eigenvalue weighted by molar-refractivity contribution is 7.09. The molecule has 0 amide bonds. The minimum atomic E-state index is 0.720. The Labute approximate surface area is 123 Å². The third-order valence-electron chi connectivity index (χ3n) is 3.57. The van der Waals surface area contributed by atoms with E-state index in [1.165, 1.54) is 56.4 Å². The molecule has 0 aliphatic heterocycles. The minimum absolute atomic E-state index is 0.720. The van der Waals surface area contributed by atoms with E-state index in [0.29, 0.717) is 0 Å². The molecule has 19 heavy (non-hydrogen) atoms. The molecule has 0 spiro atoms. The molecule has 2 nitrogen and oxygen atoms in total. The minimum Gasteiger partial charge on any atom is -0.314 e. The van der Waals surface area contributed by atoms with Gasteiger partial charge in [0, 0.05) is 30.6 Å². The van der Waals surface area contributed by atoms with E-state index < -0.39 is 0 Å². The summed E-state index contributed by atoms with van der Waals surface area (Å²) in [5, 5.41) is 7.07. The van der Waals surface area contributed by atoms with Gasteiger partial charge < -0.3 is 5.32 Å². The summed E-state index contributed by atoms with van der Waals surface area (Å²) in [6.07, 6.45) is 13.8. The van der Waals surface area contributed by atoms with Crippen LogP contribution in [-0.4, -0.2) is 17.6 Å². The van der Waals surface area contributed by atoms with Gasteiger partial charge in [-0.15, -0.1) is 11.3 Å². The number of rotatable bonds is 12. The summed E-state index contributed by atoms with van der Waals surface area (Å²) >= 11 is 1.77. The van der Waals surface area contributed by atoms with Gasteiger partial charge in [-0.25, -0.2) is 4.98 Å². The van der Waals surface area contributed by atoms with Gasteiger partial charge in [-0.2, -0.15) is 0 Å². The molecule has 1 N–H and O–H groups in total. The van der Waals surface area contributed by atoms with Crippen LogP contribution in [-0.2, 0) is 6.42 Å². The van der Waals surface area contributed by atoms with Gasteiger partial charge in [-0.1, -0.05) is 52.4 Å². The van der Waals surface area contributed by atoms with Crippen molar-refractivity contribution in [1.82, 2.24) is 10.3 Å². The molecule has 1 heterocycles. The maximum absolute atomic E-state index is 4.34. The maximum atomic E-state index is 4.34. The second-order valence-corrected chi connectivity index (χ2v) is 6.30. The van der Waals surface area contributed by atoms with E-state index in [2.05, 4.69) is 29.5 Å². The van der Waals surface area contributed by atoms with E-state index in [1.54, 1.807) is 11.3 Å².